The number of rotatable bonds is 3. The van der Waals surface area contributed by atoms with Crippen LogP contribution < -0.4 is 0 Å². The topological polar surface area (TPSA) is 9.72 Å². The molecule has 3 rings (SSSR count). The zero-order valence-electron chi connectivity index (χ0n) is 11.7. The molecule has 0 saturated carbocycles. The van der Waals surface area contributed by atoms with E-state index in [0.29, 0.717) is 0 Å². The van der Waals surface area contributed by atoms with Crippen LogP contribution in [0.25, 0.3) is 0 Å². The molecule has 3 nitrogen and oxygen atoms in total. The van der Waals surface area contributed by atoms with Crippen LogP contribution in [0.15, 0.2) is 0 Å². The van der Waals surface area contributed by atoms with Crippen molar-refractivity contribution in [2.45, 2.75) is 31.8 Å². The molecule has 2 unspecified atom stereocenters. The van der Waals surface area contributed by atoms with Gasteiger partial charge in [0.1, 0.15) is 0 Å². The molecule has 3 saturated heterocycles. The maximum atomic E-state index is 2.74. The fourth-order valence-corrected chi connectivity index (χ4v) is 4.63. The molecule has 104 valence electrons. The largest absolute Gasteiger partial charge is 0.300 e. The lowest BCUT2D eigenvalue weighted by molar-refractivity contribution is 0.0525. The minimum absolute atomic E-state index is 0.763. The van der Waals surface area contributed by atoms with Crippen molar-refractivity contribution in [2.75, 3.05) is 57.3 Å². The van der Waals surface area contributed by atoms with Crippen LogP contribution in [-0.2, 0) is 0 Å². The number of piperazine rings is 1. The van der Waals surface area contributed by atoms with E-state index in [-0.39, 0.29) is 0 Å². The first kappa shape index (κ1) is 13.2. The molecule has 0 spiro atoms. The van der Waals surface area contributed by atoms with E-state index in [4.69, 9.17) is 0 Å². The second-order valence-corrected chi connectivity index (χ2v) is 7.31. The third kappa shape index (κ3) is 3.03. The van der Waals surface area contributed by atoms with Crippen LogP contribution in [-0.4, -0.2) is 84.1 Å². The van der Waals surface area contributed by atoms with Crippen LogP contribution in [0.1, 0.15) is 19.8 Å². The first-order valence-electron chi connectivity index (χ1n) is 7.61. The van der Waals surface area contributed by atoms with Crippen LogP contribution in [0.2, 0.25) is 0 Å². The quantitative estimate of drug-likeness (QED) is 0.761. The Morgan fingerprint density at radius 1 is 1.06 bits per heavy atom. The first-order chi connectivity index (χ1) is 8.83. The van der Waals surface area contributed by atoms with Gasteiger partial charge >= 0.3 is 0 Å². The summed E-state index contributed by atoms with van der Waals surface area (Å²) in [6.07, 6.45) is 2.86. The van der Waals surface area contributed by atoms with E-state index in [1.165, 1.54) is 70.2 Å². The summed E-state index contributed by atoms with van der Waals surface area (Å²) in [5, 5.41) is 0. The van der Waals surface area contributed by atoms with Gasteiger partial charge in [-0.3, -0.25) is 9.80 Å². The van der Waals surface area contributed by atoms with Crippen molar-refractivity contribution in [1.29, 1.82) is 0 Å². The maximum Gasteiger partial charge on any atom is 0.0224 e. The standard InChI is InChI=1S/C14H27N3S/c1-13-11-17-4-2-3-14(17)12-16(13)6-5-15-7-9-18-10-8-15/h13-14H,2-12H2,1H3. The molecule has 0 amide bonds. The van der Waals surface area contributed by atoms with Crippen LogP contribution in [0.4, 0.5) is 0 Å². The minimum Gasteiger partial charge on any atom is -0.300 e. The molecule has 0 aliphatic carbocycles. The van der Waals surface area contributed by atoms with Crippen molar-refractivity contribution in [3.63, 3.8) is 0 Å². The van der Waals surface area contributed by atoms with E-state index < -0.39 is 0 Å². The highest BCUT2D eigenvalue weighted by molar-refractivity contribution is 7.99. The van der Waals surface area contributed by atoms with Gasteiger partial charge in [-0.15, -0.1) is 0 Å². The SMILES string of the molecule is CC1CN2CCCC2CN1CCN1CCSCC1. The summed E-state index contributed by atoms with van der Waals surface area (Å²) in [7, 11) is 0. The Morgan fingerprint density at radius 3 is 2.72 bits per heavy atom. The average molecular weight is 269 g/mol. The average Bonchev–Trinajstić information content (AvgIpc) is 2.84. The molecule has 3 aliphatic heterocycles. The predicted octanol–water partition coefficient (Wildman–Crippen LogP) is 1.20. The van der Waals surface area contributed by atoms with Crippen LogP contribution in [0.3, 0.4) is 0 Å². The second-order valence-electron chi connectivity index (χ2n) is 6.09. The molecule has 3 heterocycles. The van der Waals surface area contributed by atoms with Gasteiger partial charge in [0, 0.05) is 62.9 Å². The molecule has 0 aromatic heterocycles. The van der Waals surface area contributed by atoms with Gasteiger partial charge in [0.25, 0.3) is 0 Å². The van der Waals surface area contributed by atoms with E-state index in [2.05, 4.69) is 33.4 Å². The molecule has 2 atom stereocenters. The highest BCUT2D eigenvalue weighted by Gasteiger charge is 2.34. The van der Waals surface area contributed by atoms with E-state index in [9.17, 15) is 0 Å². The van der Waals surface area contributed by atoms with Gasteiger partial charge in [0.05, 0.1) is 0 Å². The Bertz CT molecular complexity index is 268. The summed E-state index contributed by atoms with van der Waals surface area (Å²) in [6, 6.07) is 1.64. The van der Waals surface area contributed by atoms with Crippen molar-refractivity contribution < 1.29 is 0 Å². The van der Waals surface area contributed by atoms with Gasteiger partial charge in [-0.25, -0.2) is 0 Å². The third-order valence-electron chi connectivity index (χ3n) is 4.87. The maximum absolute atomic E-state index is 2.74. The van der Waals surface area contributed by atoms with E-state index in [0.717, 1.165) is 12.1 Å². The van der Waals surface area contributed by atoms with Gasteiger partial charge in [-0.05, 0) is 26.3 Å². The van der Waals surface area contributed by atoms with Gasteiger partial charge in [-0.1, -0.05) is 0 Å². The molecule has 0 N–H and O–H groups in total. The predicted molar refractivity (Wildman–Crippen MR) is 79.4 cm³/mol. The summed E-state index contributed by atoms with van der Waals surface area (Å²) in [4.78, 5) is 8.12. The van der Waals surface area contributed by atoms with Crippen LogP contribution in [0.5, 0.6) is 0 Å². The Balaban J connectivity index is 1.46. The second kappa shape index (κ2) is 6.12. The molecule has 3 aliphatic rings. The highest BCUT2D eigenvalue weighted by Crippen LogP contribution is 2.24. The Hall–Kier alpha value is 0.230. The smallest absolute Gasteiger partial charge is 0.0224 e. The summed E-state index contributed by atoms with van der Waals surface area (Å²) in [5.74, 6) is 2.68. The first-order valence-corrected chi connectivity index (χ1v) is 8.76. The van der Waals surface area contributed by atoms with Crippen molar-refractivity contribution in [1.82, 2.24) is 14.7 Å². The summed E-state index contributed by atoms with van der Waals surface area (Å²) in [6.45, 7) is 11.6. The lowest BCUT2D eigenvalue weighted by Gasteiger charge is -2.43. The summed E-state index contributed by atoms with van der Waals surface area (Å²) < 4.78 is 0. The van der Waals surface area contributed by atoms with Gasteiger partial charge in [0.2, 0.25) is 0 Å². The minimum atomic E-state index is 0.763. The third-order valence-corrected chi connectivity index (χ3v) is 5.82. The van der Waals surface area contributed by atoms with Crippen molar-refractivity contribution in [3.8, 4) is 0 Å². The van der Waals surface area contributed by atoms with Crippen molar-refractivity contribution in [3.05, 3.63) is 0 Å². The zero-order valence-corrected chi connectivity index (χ0v) is 12.5. The van der Waals surface area contributed by atoms with Crippen LogP contribution >= 0.6 is 11.8 Å². The highest BCUT2D eigenvalue weighted by atomic mass is 32.2. The summed E-state index contributed by atoms with van der Waals surface area (Å²) >= 11 is 2.11. The van der Waals surface area contributed by atoms with Gasteiger partial charge in [0.15, 0.2) is 0 Å². The van der Waals surface area contributed by atoms with Gasteiger partial charge in [-0.2, -0.15) is 11.8 Å². The number of thioether (sulfide) groups is 1. The van der Waals surface area contributed by atoms with E-state index in [1.807, 2.05) is 0 Å². The molecular weight excluding hydrogens is 242 g/mol. The summed E-state index contributed by atoms with van der Waals surface area (Å²) in [5.41, 5.74) is 0. The van der Waals surface area contributed by atoms with Crippen LogP contribution in [0, 0.1) is 0 Å². The fourth-order valence-electron chi connectivity index (χ4n) is 3.65. The molecule has 4 heteroatoms. The van der Waals surface area contributed by atoms with Crippen molar-refractivity contribution >= 4 is 11.8 Å². The van der Waals surface area contributed by atoms with Gasteiger partial charge < -0.3 is 4.90 Å². The van der Waals surface area contributed by atoms with E-state index >= 15 is 0 Å². The molecule has 0 aromatic carbocycles. The molecule has 3 fully saturated rings. The molecular formula is C14H27N3S. The number of fused-ring (bicyclic) bond motifs is 1. The fraction of sp³-hybridized carbons (Fsp3) is 1.00. The number of hydrogen-bond donors (Lipinski definition) is 0. The molecule has 0 radical (unpaired) electrons. The Kier molecular flexibility index (Phi) is 4.50. The zero-order chi connectivity index (χ0) is 12.4. The number of nitrogens with zero attached hydrogens (tertiary/aromatic N) is 3. The molecule has 0 aromatic rings. The Morgan fingerprint density at radius 2 is 1.89 bits per heavy atom. The van der Waals surface area contributed by atoms with Crippen molar-refractivity contribution in [2.24, 2.45) is 0 Å². The molecule has 18 heavy (non-hydrogen) atoms. The van der Waals surface area contributed by atoms with E-state index in [1.54, 1.807) is 0 Å². The lowest BCUT2D eigenvalue weighted by atomic mass is 10.1. The number of hydrogen-bond acceptors (Lipinski definition) is 4. The molecule has 0 bridgehead atoms. The Labute approximate surface area is 116 Å². The monoisotopic (exact) mass is 269 g/mol. The normalized spacial score (nSPS) is 35.8. The lowest BCUT2D eigenvalue weighted by Crippen LogP contribution is -2.56.